The van der Waals surface area contributed by atoms with E-state index in [-0.39, 0.29) is 5.88 Å². The summed E-state index contributed by atoms with van der Waals surface area (Å²) in [6, 6.07) is 0. The lowest BCUT2D eigenvalue weighted by molar-refractivity contribution is 0.00578. The van der Waals surface area contributed by atoms with Crippen molar-refractivity contribution >= 4 is 18.8 Å². The van der Waals surface area contributed by atoms with Crippen molar-refractivity contribution in [2.75, 3.05) is 0 Å². The van der Waals surface area contributed by atoms with E-state index in [2.05, 4.69) is 14.7 Å². The van der Waals surface area contributed by atoms with Crippen LogP contribution in [0, 0.1) is 0 Å². The lowest BCUT2D eigenvalue weighted by Crippen LogP contribution is -2.41. The molecule has 1 aliphatic heterocycles. The Morgan fingerprint density at radius 1 is 1.26 bits per heavy atom. The molecule has 7 nitrogen and oxygen atoms in total. The molecule has 0 spiro atoms. The number of amides is 1. The van der Waals surface area contributed by atoms with E-state index in [4.69, 9.17) is 15.0 Å². The van der Waals surface area contributed by atoms with Crippen molar-refractivity contribution in [3.8, 4) is 5.88 Å². The van der Waals surface area contributed by atoms with Crippen LogP contribution in [0.4, 0.5) is 4.79 Å². The molecule has 2 heterocycles. The van der Waals surface area contributed by atoms with Gasteiger partial charge in [0.15, 0.2) is 0 Å². The second kappa shape index (κ2) is 4.46. The van der Waals surface area contributed by atoms with Crippen molar-refractivity contribution < 1.29 is 18.8 Å². The molecule has 1 aromatic heterocycles. The Hall–Kier alpha value is -1.67. The maximum Gasteiger partial charge on any atom is 0.516 e. The summed E-state index contributed by atoms with van der Waals surface area (Å²) in [5.74, 6) is 0.0136. The highest BCUT2D eigenvalue weighted by molar-refractivity contribution is 6.61. The largest absolute Gasteiger partial charge is 0.516 e. The summed E-state index contributed by atoms with van der Waals surface area (Å²) in [7, 11) is -0.658. The second-order valence-electron chi connectivity index (χ2n) is 5.29. The molecule has 1 saturated heterocycles. The number of ether oxygens (including phenoxy) is 1. The van der Waals surface area contributed by atoms with Gasteiger partial charge in [0, 0.05) is 6.20 Å². The molecule has 0 atom stereocenters. The monoisotopic (exact) mass is 265 g/mol. The van der Waals surface area contributed by atoms with E-state index in [0.717, 1.165) is 0 Å². The van der Waals surface area contributed by atoms with E-state index >= 15 is 0 Å². The van der Waals surface area contributed by atoms with Crippen LogP contribution >= 0.6 is 0 Å². The lowest BCUT2D eigenvalue weighted by Gasteiger charge is -2.32. The van der Waals surface area contributed by atoms with Gasteiger partial charge in [0.05, 0.1) is 23.0 Å². The van der Waals surface area contributed by atoms with E-state index in [1.807, 2.05) is 27.7 Å². The van der Waals surface area contributed by atoms with Crippen molar-refractivity contribution in [2.45, 2.75) is 38.9 Å². The van der Waals surface area contributed by atoms with E-state index in [0.29, 0.717) is 5.59 Å². The van der Waals surface area contributed by atoms with Crippen molar-refractivity contribution in [3.05, 3.63) is 12.4 Å². The van der Waals surface area contributed by atoms with E-state index < -0.39 is 24.4 Å². The molecule has 1 amide bonds. The summed E-state index contributed by atoms with van der Waals surface area (Å²) in [6.07, 6.45) is 1.84. The van der Waals surface area contributed by atoms with E-state index in [1.54, 1.807) is 0 Å². The molecule has 0 aliphatic carbocycles. The van der Waals surface area contributed by atoms with Crippen LogP contribution < -0.4 is 16.1 Å². The fraction of sp³-hybridized carbons (Fsp3) is 0.545. The van der Waals surface area contributed by atoms with Crippen LogP contribution in [0.3, 0.4) is 0 Å². The second-order valence-corrected chi connectivity index (χ2v) is 5.29. The SMILES string of the molecule is CC1(C)OB(c2cncc(OC(N)=O)n2)OC1(C)C. The van der Waals surface area contributed by atoms with E-state index in [9.17, 15) is 4.79 Å². The average molecular weight is 265 g/mol. The zero-order chi connectivity index (χ0) is 14.3. The fourth-order valence-corrected chi connectivity index (χ4v) is 1.59. The Balaban J connectivity index is 2.22. The van der Waals surface area contributed by atoms with Crippen LogP contribution in [0.1, 0.15) is 27.7 Å². The zero-order valence-electron chi connectivity index (χ0n) is 11.3. The van der Waals surface area contributed by atoms with E-state index in [1.165, 1.54) is 12.4 Å². The summed E-state index contributed by atoms with van der Waals surface area (Å²) in [6.45, 7) is 7.74. The highest BCUT2D eigenvalue weighted by Crippen LogP contribution is 2.36. The molecule has 0 unspecified atom stereocenters. The number of hydrogen-bond acceptors (Lipinski definition) is 6. The average Bonchev–Trinajstić information content (AvgIpc) is 2.47. The van der Waals surface area contributed by atoms with Crippen LogP contribution in [-0.4, -0.2) is 34.4 Å². The first kappa shape index (κ1) is 13.8. The summed E-state index contributed by atoms with van der Waals surface area (Å²) >= 11 is 0. The van der Waals surface area contributed by atoms with Crippen LogP contribution in [0.25, 0.3) is 0 Å². The number of nitrogens with two attached hydrogens (primary N) is 1. The Labute approximate surface area is 111 Å². The van der Waals surface area contributed by atoms with Gasteiger partial charge in [-0.3, -0.25) is 4.98 Å². The van der Waals surface area contributed by atoms with Gasteiger partial charge in [-0.05, 0) is 27.7 Å². The molecule has 102 valence electrons. The molecule has 1 aromatic rings. The molecule has 0 saturated carbocycles. The van der Waals surface area contributed by atoms with Crippen molar-refractivity contribution in [1.29, 1.82) is 0 Å². The van der Waals surface area contributed by atoms with Gasteiger partial charge in [0.1, 0.15) is 0 Å². The summed E-state index contributed by atoms with van der Waals surface area (Å²) < 4.78 is 16.3. The Morgan fingerprint density at radius 2 is 1.84 bits per heavy atom. The quantitative estimate of drug-likeness (QED) is 0.769. The third-order valence-corrected chi connectivity index (χ3v) is 3.33. The van der Waals surface area contributed by atoms with Crippen LogP contribution in [0.2, 0.25) is 0 Å². The Bertz CT molecular complexity index is 490. The number of rotatable bonds is 2. The molecule has 8 heteroatoms. The lowest BCUT2D eigenvalue weighted by atomic mass is 9.85. The number of nitrogens with zero attached hydrogens (tertiary/aromatic N) is 2. The van der Waals surface area contributed by atoms with Crippen molar-refractivity contribution in [1.82, 2.24) is 9.97 Å². The number of hydrogen-bond donors (Lipinski definition) is 1. The molecular weight excluding hydrogens is 249 g/mol. The van der Waals surface area contributed by atoms with Gasteiger partial charge in [-0.15, -0.1) is 0 Å². The molecule has 2 rings (SSSR count). The molecule has 0 aromatic carbocycles. The van der Waals surface area contributed by atoms with Crippen LogP contribution in [-0.2, 0) is 9.31 Å². The Kier molecular flexibility index (Phi) is 3.23. The predicted octanol–water partition coefficient (Wildman–Crippen LogP) is 0.233. The van der Waals surface area contributed by atoms with Gasteiger partial charge < -0.3 is 19.8 Å². The first-order valence-corrected chi connectivity index (χ1v) is 5.86. The highest BCUT2D eigenvalue weighted by Gasteiger charge is 2.52. The maximum atomic E-state index is 10.7. The third kappa shape index (κ3) is 2.69. The van der Waals surface area contributed by atoms with Crippen molar-refractivity contribution in [2.24, 2.45) is 5.73 Å². The molecule has 1 aliphatic rings. The van der Waals surface area contributed by atoms with Gasteiger partial charge in [-0.2, -0.15) is 0 Å². The first-order valence-electron chi connectivity index (χ1n) is 5.86. The number of carbonyl (C=O) groups is 1. The smallest absolute Gasteiger partial charge is 0.398 e. The van der Waals surface area contributed by atoms with Gasteiger partial charge >= 0.3 is 13.2 Å². The van der Waals surface area contributed by atoms with Gasteiger partial charge in [-0.25, -0.2) is 9.78 Å². The van der Waals surface area contributed by atoms with Gasteiger partial charge in [0.25, 0.3) is 0 Å². The summed E-state index contributed by atoms with van der Waals surface area (Å²) in [5.41, 5.74) is 4.41. The number of carbonyl (C=O) groups excluding carboxylic acids is 1. The summed E-state index contributed by atoms with van der Waals surface area (Å²) in [4.78, 5) is 18.7. The van der Waals surface area contributed by atoms with Crippen LogP contribution in [0.15, 0.2) is 12.4 Å². The third-order valence-electron chi connectivity index (χ3n) is 3.33. The Morgan fingerprint density at radius 3 is 2.37 bits per heavy atom. The normalized spacial score (nSPS) is 20.3. The zero-order valence-corrected chi connectivity index (χ0v) is 11.3. The molecule has 19 heavy (non-hydrogen) atoms. The first-order chi connectivity index (χ1) is 8.71. The number of primary amides is 1. The standard InChI is InChI=1S/C11H16BN3O4/c1-10(2)11(3,4)19-12(18-10)7-5-14-6-8(15-7)17-9(13)16/h5-6H,1-4H3,(H2,13,16). The molecule has 0 bridgehead atoms. The fourth-order valence-electron chi connectivity index (χ4n) is 1.59. The maximum absolute atomic E-state index is 10.7. The minimum atomic E-state index is -0.944. The van der Waals surface area contributed by atoms with Gasteiger partial charge in [0.2, 0.25) is 5.88 Å². The summed E-state index contributed by atoms with van der Waals surface area (Å²) in [5, 5.41) is 0. The number of aromatic nitrogens is 2. The van der Waals surface area contributed by atoms with Crippen LogP contribution in [0.5, 0.6) is 5.88 Å². The van der Waals surface area contributed by atoms with Crippen molar-refractivity contribution in [3.63, 3.8) is 0 Å². The topological polar surface area (TPSA) is 96.6 Å². The molecule has 1 fully saturated rings. The van der Waals surface area contributed by atoms with Gasteiger partial charge in [-0.1, -0.05) is 0 Å². The molecule has 2 N–H and O–H groups in total. The minimum absolute atomic E-state index is 0.0136. The highest BCUT2D eigenvalue weighted by atomic mass is 16.7. The molecular formula is C11H16BN3O4. The minimum Gasteiger partial charge on any atom is -0.398 e. The molecule has 0 radical (unpaired) electrons. The predicted molar refractivity (Wildman–Crippen MR) is 68.0 cm³/mol.